The Kier molecular flexibility index (Phi) is 5.73. The van der Waals surface area contributed by atoms with Crippen molar-refractivity contribution >= 4 is 17.6 Å². The van der Waals surface area contributed by atoms with Crippen LogP contribution in [0.15, 0.2) is 24.3 Å². The molecule has 1 N–H and O–H groups in total. The SMILES string of the molecule is O=C(Nc1ccc(OC(F)(F)F)cc1)N1CCN(C(=O)[C@H]2CCCO2)CC1. The zero-order valence-corrected chi connectivity index (χ0v) is 14.5. The molecule has 2 aliphatic rings. The molecule has 3 rings (SSSR count). The number of hydrogen-bond acceptors (Lipinski definition) is 4. The van der Waals surface area contributed by atoms with Crippen molar-refractivity contribution in [1.82, 2.24) is 9.80 Å². The minimum Gasteiger partial charge on any atom is -0.406 e. The van der Waals surface area contributed by atoms with Crippen molar-refractivity contribution in [2.24, 2.45) is 0 Å². The second kappa shape index (κ2) is 8.03. The molecular formula is C17H20F3N3O4. The van der Waals surface area contributed by atoms with Gasteiger partial charge in [-0.05, 0) is 37.1 Å². The smallest absolute Gasteiger partial charge is 0.406 e. The van der Waals surface area contributed by atoms with Gasteiger partial charge in [0.2, 0.25) is 0 Å². The number of urea groups is 1. The number of carbonyl (C=O) groups excluding carboxylic acids is 2. The number of nitrogens with one attached hydrogen (secondary N) is 1. The largest absolute Gasteiger partial charge is 0.573 e. The topological polar surface area (TPSA) is 71.1 Å². The Bertz CT molecular complexity index is 667. The van der Waals surface area contributed by atoms with Gasteiger partial charge in [0.15, 0.2) is 0 Å². The Morgan fingerprint density at radius 3 is 2.26 bits per heavy atom. The highest BCUT2D eigenvalue weighted by Crippen LogP contribution is 2.24. The summed E-state index contributed by atoms with van der Waals surface area (Å²) in [7, 11) is 0. The molecule has 7 nitrogen and oxygen atoms in total. The van der Waals surface area contributed by atoms with Gasteiger partial charge in [-0.15, -0.1) is 13.2 Å². The molecule has 2 saturated heterocycles. The summed E-state index contributed by atoms with van der Waals surface area (Å²) < 4.78 is 45.6. The Labute approximate surface area is 154 Å². The molecule has 27 heavy (non-hydrogen) atoms. The zero-order valence-electron chi connectivity index (χ0n) is 14.5. The fourth-order valence-corrected chi connectivity index (χ4v) is 3.05. The van der Waals surface area contributed by atoms with Crippen LogP contribution < -0.4 is 10.1 Å². The number of anilines is 1. The number of amides is 3. The van der Waals surface area contributed by atoms with Gasteiger partial charge in [0.1, 0.15) is 11.9 Å². The summed E-state index contributed by atoms with van der Waals surface area (Å²) >= 11 is 0. The van der Waals surface area contributed by atoms with Crippen LogP contribution in [0.25, 0.3) is 0 Å². The van der Waals surface area contributed by atoms with Gasteiger partial charge >= 0.3 is 12.4 Å². The predicted molar refractivity (Wildman–Crippen MR) is 89.3 cm³/mol. The van der Waals surface area contributed by atoms with E-state index in [0.717, 1.165) is 25.0 Å². The first-order chi connectivity index (χ1) is 12.8. The number of hydrogen-bond donors (Lipinski definition) is 1. The molecule has 0 aliphatic carbocycles. The fraction of sp³-hybridized carbons (Fsp3) is 0.529. The molecular weight excluding hydrogens is 367 g/mol. The molecule has 2 heterocycles. The number of piperazine rings is 1. The van der Waals surface area contributed by atoms with E-state index in [4.69, 9.17) is 4.74 Å². The average Bonchev–Trinajstić information content (AvgIpc) is 3.16. The van der Waals surface area contributed by atoms with Gasteiger partial charge in [-0.1, -0.05) is 0 Å². The molecule has 1 aromatic carbocycles. The van der Waals surface area contributed by atoms with Gasteiger partial charge in [-0.2, -0.15) is 0 Å². The number of halogens is 3. The lowest BCUT2D eigenvalue weighted by atomic mass is 10.2. The molecule has 0 radical (unpaired) electrons. The van der Waals surface area contributed by atoms with Crippen LogP contribution in [0.4, 0.5) is 23.7 Å². The van der Waals surface area contributed by atoms with E-state index in [1.54, 1.807) is 9.80 Å². The molecule has 0 bridgehead atoms. The maximum atomic E-state index is 12.3. The van der Waals surface area contributed by atoms with Crippen LogP contribution in [0.3, 0.4) is 0 Å². The van der Waals surface area contributed by atoms with Crippen molar-refractivity contribution in [2.45, 2.75) is 25.3 Å². The monoisotopic (exact) mass is 387 g/mol. The van der Waals surface area contributed by atoms with Crippen molar-refractivity contribution in [1.29, 1.82) is 0 Å². The second-order valence-corrected chi connectivity index (χ2v) is 6.32. The minimum atomic E-state index is -4.76. The number of ether oxygens (including phenoxy) is 2. The molecule has 2 aliphatic heterocycles. The van der Waals surface area contributed by atoms with Crippen molar-refractivity contribution in [3.63, 3.8) is 0 Å². The molecule has 1 aromatic rings. The number of rotatable bonds is 3. The highest BCUT2D eigenvalue weighted by Gasteiger charge is 2.32. The van der Waals surface area contributed by atoms with Crippen LogP contribution in [0.2, 0.25) is 0 Å². The van der Waals surface area contributed by atoms with Gasteiger partial charge in [-0.25, -0.2) is 4.79 Å². The number of benzene rings is 1. The maximum absolute atomic E-state index is 12.3. The van der Waals surface area contributed by atoms with Crippen molar-refractivity contribution in [3.8, 4) is 5.75 Å². The van der Waals surface area contributed by atoms with Gasteiger partial charge in [-0.3, -0.25) is 4.79 Å². The first kappa shape index (κ1) is 19.3. The molecule has 10 heteroatoms. The third kappa shape index (κ3) is 5.25. The first-order valence-electron chi connectivity index (χ1n) is 8.64. The van der Waals surface area contributed by atoms with E-state index in [-0.39, 0.29) is 23.8 Å². The van der Waals surface area contributed by atoms with Crippen LogP contribution in [-0.4, -0.2) is 67.0 Å². The summed E-state index contributed by atoms with van der Waals surface area (Å²) in [5.41, 5.74) is 0.354. The van der Waals surface area contributed by atoms with E-state index >= 15 is 0 Å². The van der Waals surface area contributed by atoms with E-state index in [9.17, 15) is 22.8 Å². The van der Waals surface area contributed by atoms with Crippen molar-refractivity contribution < 1.29 is 32.2 Å². The Morgan fingerprint density at radius 1 is 1.07 bits per heavy atom. The Morgan fingerprint density at radius 2 is 1.70 bits per heavy atom. The molecule has 0 unspecified atom stereocenters. The van der Waals surface area contributed by atoms with Gasteiger partial charge < -0.3 is 24.6 Å². The summed E-state index contributed by atoms with van der Waals surface area (Å²) in [5, 5.41) is 2.62. The van der Waals surface area contributed by atoms with Crippen LogP contribution in [0.5, 0.6) is 5.75 Å². The molecule has 2 fully saturated rings. The van der Waals surface area contributed by atoms with E-state index in [1.165, 1.54) is 12.1 Å². The lowest BCUT2D eigenvalue weighted by Gasteiger charge is -2.35. The predicted octanol–water partition coefficient (Wildman–Crippen LogP) is 2.44. The quantitative estimate of drug-likeness (QED) is 0.865. The molecule has 148 valence electrons. The number of carbonyl (C=O) groups is 2. The molecule has 1 atom stereocenters. The average molecular weight is 387 g/mol. The van der Waals surface area contributed by atoms with E-state index in [2.05, 4.69) is 10.1 Å². The summed E-state index contributed by atoms with van der Waals surface area (Å²) in [6.45, 7) is 2.19. The molecule has 0 spiro atoms. The maximum Gasteiger partial charge on any atom is 0.573 e. The highest BCUT2D eigenvalue weighted by atomic mass is 19.4. The third-order valence-electron chi connectivity index (χ3n) is 4.42. The van der Waals surface area contributed by atoms with E-state index < -0.39 is 6.36 Å². The van der Waals surface area contributed by atoms with Gasteiger partial charge in [0, 0.05) is 38.5 Å². The molecule has 0 saturated carbocycles. The summed E-state index contributed by atoms with van der Waals surface area (Å²) in [5.74, 6) is -0.394. The Hall–Kier alpha value is -2.49. The standard InChI is InChI=1S/C17H20F3N3O4/c18-17(19,20)27-13-5-3-12(4-6-13)21-16(25)23-9-7-22(8-10-23)15(24)14-2-1-11-26-14/h3-6,14H,1-2,7-11H2,(H,21,25)/t14-/m1/s1. The zero-order chi connectivity index (χ0) is 19.4. The number of nitrogens with zero attached hydrogens (tertiary/aromatic N) is 2. The highest BCUT2D eigenvalue weighted by molar-refractivity contribution is 5.89. The van der Waals surface area contributed by atoms with Crippen LogP contribution in [0, 0.1) is 0 Å². The molecule has 0 aromatic heterocycles. The fourth-order valence-electron chi connectivity index (χ4n) is 3.05. The summed E-state index contributed by atoms with van der Waals surface area (Å²) in [6, 6.07) is 4.54. The second-order valence-electron chi connectivity index (χ2n) is 6.32. The van der Waals surface area contributed by atoms with Crippen molar-refractivity contribution in [3.05, 3.63) is 24.3 Å². The summed E-state index contributed by atoms with van der Waals surface area (Å²) in [4.78, 5) is 27.8. The third-order valence-corrected chi connectivity index (χ3v) is 4.42. The van der Waals surface area contributed by atoms with E-state index in [1.807, 2.05) is 0 Å². The summed E-state index contributed by atoms with van der Waals surface area (Å²) in [6.07, 6.45) is -3.52. The molecule has 3 amide bonds. The van der Waals surface area contributed by atoms with Crippen LogP contribution in [0.1, 0.15) is 12.8 Å². The van der Waals surface area contributed by atoms with Gasteiger partial charge in [0.05, 0.1) is 0 Å². The first-order valence-corrected chi connectivity index (χ1v) is 8.64. The van der Waals surface area contributed by atoms with Crippen LogP contribution in [-0.2, 0) is 9.53 Å². The van der Waals surface area contributed by atoms with E-state index in [0.29, 0.717) is 38.5 Å². The number of alkyl halides is 3. The van der Waals surface area contributed by atoms with Gasteiger partial charge in [0.25, 0.3) is 5.91 Å². The Balaban J connectivity index is 1.47. The van der Waals surface area contributed by atoms with Crippen LogP contribution >= 0.6 is 0 Å². The van der Waals surface area contributed by atoms with Crippen molar-refractivity contribution in [2.75, 3.05) is 38.1 Å². The normalized spacial score (nSPS) is 20.5. The lowest BCUT2D eigenvalue weighted by molar-refractivity contribution is -0.274. The lowest BCUT2D eigenvalue weighted by Crippen LogP contribution is -2.53. The minimum absolute atomic E-state index is 0.0344.